The Labute approximate surface area is 203 Å². The largest absolute Gasteiger partial charge is 0.460 e. The van der Waals surface area contributed by atoms with Crippen molar-refractivity contribution in [2.75, 3.05) is 0 Å². The molecule has 0 heterocycles. The van der Waals surface area contributed by atoms with Gasteiger partial charge in [-0.3, -0.25) is 14.4 Å². The lowest BCUT2D eigenvalue weighted by atomic mass is 9.43. The third kappa shape index (κ3) is 4.06. The van der Waals surface area contributed by atoms with E-state index < -0.39 is 36.4 Å². The number of ether oxygens (including phenoxy) is 3. The van der Waals surface area contributed by atoms with E-state index in [1.54, 1.807) is 0 Å². The molecule has 34 heavy (non-hydrogen) atoms. The number of aliphatic hydroxyl groups is 1. The third-order valence-electron chi connectivity index (χ3n) is 10.3. The van der Waals surface area contributed by atoms with E-state index in [1.807, 2.05) is 0 Å². The molecular weight excluding hydrogens is 436 g/mol. The molecule has 4 aliphatic carbocycles. The molecule has 0 saturated heterocycles. The summed E-state index contributed by atoms with van der Waals surface area (Å²) >= 11 is 0. The van der Waals surface area contributed by atoms with E-state index in [0.29, 0.717) is 24.7 Å². The van der Waals surface area contributed by atoms with E-state index in [9.17, 15) is 19.5 Å². The molecule has 192 valence electrons. The fourth-order valence-electron chi connectivity index (χ4n) is 9.00. The van der Waals surface area contributed by atoms with E-state index in [0.717, 1.165) is 25.7 Å². The lowest BCUT2D eigenvalue weighted by molar-refractivity contribution is -0.252. The monoisotopic (exact) mass is 478 g/mol. The van der Waals surface area contributed by atoms with Crippen molar-refractivity contribution >= 4 is 17.9 Å². The summed E-state index contributed by atoms with van der Waals surface area (Å²) in [6.45, 7) is 11.1. The Morgan fingerprint density at radius 3 is 2.00 bits per heavy atom. The van der Waals surface area contributed by atoms with Crippen LogP contribution in [-0.4, -0.2) is 47.4 Å². The van der Waals surface area contributed by atoms with Crippen molar-refractivity contribution in [3.05, 3.63) is 0 Å². The van der Waals surface area contributed by atoms with Gasteiger partial charge in [-0.2, -0.15) is 0 Å². The summed E-state index contributed by atoms with van der Waals surface area (Å²) < 4.78 is 17.6. The van der Waals surface area contributed by atoms with Crippen LogP contribution in [0.3, 0.4) is 0 Å². The van der Waals surface area contributed by atoms with Crippen LogP contribution in [0.2, 0.25) is 0 Å². The predicted molar refractivity (Wildman–Crippen MR) is 124 cm³/mol. The van der Waals surface area contributed by atoms with E-state index >= 15 is 0 Å². The van der Waals surface area contributed by atoms with Crippen LogP contribution in [0, 0.1) is 40.4 Å². The van der Waals surface area contributed by atoms with Gasteiger partial charge in [0.05, 0.1) is 6.10 Å². The van der Waals surface area contributed by atoms with Gasteiger partial charge in [-0.15, -0.1) is 0 Å². The van der Waals surface area contributed by atoms with Crippen molar-refractivity contribution in [2.45, 2.75) is 111 Å². The van der Waals surface area contributed by atoms with Gasteiger partial charge in [0.25, 0.3) is 0 Å². The maximum atomic E-state index is 12.3. The van der Waals surface area contributed by atoms with Gasteiger partial charge in [-0.1, -0.05) is 27.2 Å². The minimum Gasteiger partial charge on any atom is -0.460 e. The average molecular weight is 479 g/mol. The van der Waals surface area contributed by atoms with E-state index in [1.165, 1.54) is 27.2 Å². The average Bonchev–Trinajstić information content (AvgIpc) is 3.07. The van der Waals surface area contributed by atoms with Gasteiger partial charge in [-0.25, -0.2) is 0 Å². The first kappa shape index (κ1) is 25.5. The minimum absolute atomic E-state index is 0.0676. The summed E-state index contributed by atoms with van der Waals surface area (Å²) in [6, 6.07) is 0. The predicted octanol–water partition coefficient (Wildman–Crippen LogP) is 4.04. The molecule has 7 heteroatoms. The first-order chi connectivity index (χ1) is 15.9. The van der Waals surface area contributed by atoms with Crippen LogP contribution in [0.5, 0.6) is 0 Å². The molecule has 8 unspecified atom stereocenters. The number of rotatable bonds is 4. The number of aliphatic hydroxyl groups excluding tert-OH is 1. The number of carbonyl (C=O) groups excluding carboxylic acids is 3. The highest BCUT2D eigenvalue weighted by atomic mass is 16.6. The number of fused-ring (bicyclic) bond motifs is 5. The van der Waals surface area contributed by atoms with Crippen molar-refractivity contribution in [1.29, 1.82) is 0 Å². The summed E-state index contributed by atoms with van der Waals surface area (Å²) in [5.74, 6) is -0.0495. The van der Waals surface area contributed by atoms with Crippen molar-refractivity contribution < 1.29 is 33.7 Å². The lowest BCUT2D eigenvalue weighted by Gasteiger charge is -2.64. The zero-order chi connectivity index (χ0) is 25.0. The van der Waals surface area contributed by atoms with Crippen LogP contribution in [0.4, 0.5) is 0 Å². The summed E-state index contributed by atoms with van der Waals surface area (Å²) in [7, 11) is 0. The molecule has 0 aromatic heterocycles. The molecule has 4 rings (SSSR count). The number of hydrogen-bond donors (Lipinski definition) is 1. The zero-order valence-electron chi connectivity index (χ0n) is 21.5. The highest BCUT2D eigenvalue weighted by Crippen LogP contribution is 2.68. The molecule has 7 nitrogen and oxygen atoms in total. The number of carbonyl (C=O) groups is 3. The molecule has 0 aromatic rings. The first-order valence-electron chi connectivity index (χ1n) is 13.1. The van der Waals surface area contributed by atoms with E-state index in [-0.39, 0.29) is 34.6 Å². The molecule has 4 fully saturated rings. The SMILES string of the molecule is CC[C@H]1CCC2C3C(OC(C)=O)C(OC(C)=O)C4CC(O)C(OC(C)=O)C[C@]4(C)C3CC[C@@]21C. The molecule has 0 bridgehead atoms. The van der Waals surface area contributed by atoms with Crippen molar-refractivity contribution in [1.82, 2.24) is 0 Å². The second kappa shape index (κ2) is 9.11. The Kier molecular flexibility index (Phi) is 6.82. The quantitative estimate of drug-likeness (QED) is 0.481. The van der Waals surface area contributed by atoms with Crippen LogP contribution in [0.25, 0.3) is 0 Å². The maximum absolute atomic E-state index is 12.3. The Hall–Kier alpha value is -1.63. The van der Waals surface area contributed by atoms with Gasteiger partial charge in [0, 0.05) is 32.6 Å². The fourth-order valence-corrected chi connectivity index (χ4v) is 9.00. The Balaban J connectivity index is 1.80. The van der Waals surface area contributed by atoms with Crippen molar-refractivity contribution in [3.8, 4) is 0 Å². The lowest BCUT2D eigenvalue weighted by Crippen LogP contribution is -2.67. The normalized spacial score (nSPS) is 47.6. The van der Waals surface area contributed by atoms with Gasteiger partial charge < -0.3 is 19.3 Å². The maximum Gasteiger partial charge on any atom is 0.303 e. The van der Waals surface area contributed by atoms with Crippen molar-refractivity contribution in [3.63, 3.8) is 0 Å². The summed E-state index contributed by atoms with van der Waals surface area (Å²) in [6.07, 6.45) is 3.78. The topological polar surface area (TPSA) is 99.1 Å². The molecule has 0 radical (unpaired) electrons. The van der Waals surface area contributed by atoms with Gasteiger partial charge in [-0.05, 0) is 67.1 Å². The molecule has 4 aliphatic rings. The molecule has 0 spiro atoms. The second-order valence-corrected chi connectivity index (χ2v) is 11.9. The van der Waals surface area contributed by atoms with Gasteiger partial charge in [0.15, 0.2) is 0 Å². The van der Waals surface area contributed by atoms with Crippen LogP contribution in [0.15, 0.2) is 0 Å². The molecule has 4 saturated carbocycles. The van der Waals surface area contributed by atoms with Crippen LogP contribution in [0.1, 0.15) is 86.5 Å². The molecular formula is C27H42O7. The van der Waals surface area contributed by atoms with E-state index in [4.69, 9.17) is 14.2 Å². The summed E-state index contributed by atoms with van der Waals surface area (Å²) in [4.78, 5) is 36.4. The van der Waals surface area contributed by atoms with Crippen LogP contribution in [-0.2, 0) is 28.6 Å². The third-order valence-corrected chi connectivity index (χ3v) is 10.3. The summed E-state index contributed by atoms with van der Waals surface area (Å²) in [5, 5.41) is 10.9. The van der Waals surface area contributed by atoms with Gasteiger partial charge in [0.1, 0.15) is 18.3 Å². The summed E-state index contributed by atoms with van der Waals surface area (Å²) in [5.41, 5.74) is -0.145. The molecule has 0 aliphatic heterocycles. The van der Waals surface area contributed by atoms with Crippen molar-refractivity contribution in [2.24, 2.45) is 40.4 Å². The van der Waals surface area contributed by atoms with Crippen LogP contribution >= 0.6 is 0 Å². The van der Waals surface area contributed by atoms with E-state index in [2.05, 4.69) is 20.8 Å². The minimum atomic E-state index is -0.848. The van der Waals surface area contributed by atoms with Gasteiger partial charge in [0.2, 0.25) is 0 Å². The molecule has 0 amide bonds. The van der Waals surface area contributed by atoms with Gasteiger partial charge >= 0.3 is 17.9 Å². The molecule has 1 N–H and O–H groups in total. The fraction of sp³-hybridized carbons (Fsp3) is 0.889. The standard InChI is InChI=1S/C27H42O7/c1-7-17-8-9-18-23-19(10-11-26(17,18)5)27(6)13-22(32-14(2)28)21(31)12-20(27)24(33-15(3)29)25(23)34-16(4)30/h17-25,31H,7-13H2,1-6H3/t17-,18?,19?,20?,21?,22?,23?,24?,25?,26+,27+/m0/s1. The smallest absolute Gasteiger partial charge is 0.303 e. The Bertz CT molecular complexity index is 826. The highest BCUT2D eigenvalue weighted by Gasteiger charge is 2.68. The zero-order valence-corrected chi connectivity index (χ0v) is 21.5. The number of hydrogen-bond acceptors (Lipinski definition) is 7. The molecule has 0 aromatic carbocycles. The second-order valence-electron chi connectivity index (χ2n) is 11.9. The van der Waals surface area contributed by atoms with Crippen LogP contribution < -0.4 is 0 Å². The Morgan fingerprint density at radius 1 is 0.824 bits per heavy atom. The molecule has 11 atom stereocenters. The highest BCUT2D eigenvalue weighted by molar-refractivity contribution is 5.67. The first-order valence-corrected chi connectivity index (χ1v) is 13.1. The number of esters is 3. The Morgan fingerprint density at radius 2 is 1.41 bits per heavy atom.